The monoisotopic (exact) mass is 525 g/mol. The van der Waals surface area contributed by atoms with Gasteiger partial charge in [0.15, 0.2) is 0 Å². The molecule has 0 unspecified atom stereocenters. The molecule has 0 spiro atoms. The van der Waals surface area contributed by atoms with Crippen molar-refractivity contribution < 1.29 is 19.1 Å². The lowest BCUT2D eigenvalue weighted by Gasteiger charge is -2.07. The summed E-state index contributed by atoms with van der Waals surface area (Å²) >= 11 is 13.4. The first kappa shape index (κ1) is 24.4. The first-order chi connectivity index (χ1) is 16.9. The summed E-state index contributed by atoms with van der Waals surface area (Å²) < 4.78 is 6.43. The smallest absolute Gasteiger partial charge is 0.355 e. The molecule has 3 aromatic carbocycles. The van der Waals surface area contributed by atoms with Crippen molar-refractivity contribution in [2.45, 2.75) is 0 Å². The van der Waals surface area contributed by atoms with E-state index >= 15 is 0 Å². The molecule has 0 aliphatic rings. The Morgan fingerprint density at radius 3 is 2.43 bits per heavy atom. The summed E-state index contributed by atoms with van der Waals surface area (Å²) in [6.45, 7) is -0.278. The molecule has 0 saturated carbocycles. The van der Waals surface area contributed by atoms with Crippen LogP contribution in [0, 0.1) is 0 Å². The zero-order valence-corrected chi connectivity index (χ0v) is 20.3. The van der Waals surface area contributed by atoms with Gasteiger partial charge in [-0.15, -0.1) is 11.3 Å². The van der Waals surface area contributed by atoms with Crippen LogP contribution in [0.1, 0.15) is 25.6 Å². The van der Waals surface area contributed by atoms with Gasteiger partial charge in [0.2, 0.25) is 0 Å². The van der Waals surface area contributed by atoms with Crippen molar-refractivity contribution in [2.24, 2.45) is 5.10 Å². The highest BCUT2D eigenvalue weighted by molar-refractivity contribution is 7.21. The van der Waals surface area contributed by atoms with E-state index in [-0.39, 0.29) is 12.3 Å². The third-order valence-electron chi connectivity index (χ3n) is 4.75. The number of amides is 2. The number of nitrogens with zero attached hydrogens (tertiary/aromatic N) is 1. The molecule has 35 heavy (non-hydrogen) atoms. The highest BCUT2D eigenvalue weighted by atomic mass is 35.5. The molecule has 0 atom stereocenters. The van der Waals surface area contributed by atoms with Crippen LogP contribution in [0.15, 0.2) is 77.9 Å². The Hall–Kier alpha value is -3.72. The minimum absolute atomic E-state index is 0.250. The Labute approximate surface area is 214 Å². The third kappa shape index (κ3) is 6.05. The topological polar surface area (TPSA) is 96.9 Å². The average molecular weight is 526 g/mol. The number of rotatable bonds is 7. The number of benzene rings is 3. The number of ether oxygens (including phenoxy) is 1. The van der Waals surface area contributed by atoms with Crippen LogP contribution in [-0.2, 0) is 4.79 Å². The summed E-state index contributed by atoms with van der Waals surface area (Å²) in [5, 5.41) is 8.01. The molecule has 0 fully saturated rings. The summed E-state index contributed by atoms with van der Waals surface area (Å²) in [4.78, 5) is 37.2. The van der Waals surface area contributed by atoms with Crippen LogP contribution in [0.4, 0.5) is 0 Å². The van der Waals surface area contributed by atoms with Crippen LogP contribution < -0.4 is 15.5 Å². The van der Waals surface area contributed by atoms with Crippen LogP contribution in [0.5, 0.6) is 5.75 Å². The van der Waals surface area contributed by atoms with Crippen molar-refractivity contribution in [3.63, 3.8) is 0 Å². The molecule has 2 N–H and O–H groups in total. The molecule has 4 aromatic rings. The van der Waals surface area contributed by atoms with Gasteiger partial charge < -0.3 is 10.1 Å². The van der Waals surface area contributed by atoms with Crippen molar-refractivity contribution in [1.82, 2.24) is 10.7 Å². The second-order valence-corrected chi connectivity index (χ2v) is 9.02. The zero-order chi connectivity index (χ0) is 24.8. The summed E-state index contributed by atoms with van der Waals surface area (Å²) in [5.41, 5.74) is 3.16. The number of carbonyl (C=O) groups is 3. The summed E-state index contributed by atoms with van der Waals surface area (Å²) in [7, 11) is 0. The SMILES string of the molecule is O=C(CNC(=O)c1ccc(Cl)cc1)N/N=C\c1ccccc1OC(=O)c1sc2ccccc2c1Cl. The molecule has 2 amide bonds. The van der Waals surface area contributed by atoms with E-state index in [0.29, 0.717) is 26.0 Å². The molecule has 1 aromatic heterocycles. The molecule has 0 bridgehead atoms. The highest BCUT2D eigenvalue weighted by Gasteiger charge is 2.19. The molecule has 176 valence electrons. The van der Waals surface area contributed by atoms with E-state index in [0.717, 1.165) is 10.1 Å². The lowest BCUT2D eigenvalue weighted by Crippen LogP contribution is -2.34. The standard InChI is InChI=1S/C25H17Cl2N3O4S/c26-17-11-9-15(10-12-17)24(32)28-14-21(31)30-29-13-16-5-1-3-7-19(16)34-25(33)23-22(27)18-6-2-4-8-20(18)35-23/h1-13H,14H2,(H,28,32)(H,30,31)/b29-13-. The van der Waals surface area contributed by atoms with E-state index in [2.05, 4.69) is 15.8 Å². The number of fused-ring (bicyclic) bond motifs is 1. The van der Waals surface area contributed by atoms with Gasteiger partial charge in [0.1, 0.15) is 10.6 Å². The molecule has 0 aliphatic carbocycles. The Kier molecular flexibility index (Phi) is 7.77. The molecule has 4 rings (SSSR count). The lowest BCUT2D eigenvalue weighted by molar-refractivity contribution is -0.120. The van der Waals surface area contributed by atoms with Crippen molar-refractivity contribution in [3.8, 4) is 5.75 Å². The summed E-state index contributed by atoms with van der Waals surface area (Å²) in [6, 6.07) is 20.4. The number of esters is 1. The van der Waals surface area contributed by atoms with E-state index < -0.39 is 17.8 Å². The molecule has 0 saturated heterocycles. The fraction of sp³-hybridized carbons (Fsp3) is 0.0400. The highest BCUT2D eigenvalue weighted by Crippen LogP contribution is 2.36. The number of carbonyl (C=O) groups excluding carboxylic acids is 3. The van der Waals surface area contributed by atoms with Crippen molar-refractivity contribution in [3.05, 3.63) is 98.8 Å². The Morgan fingerprint density at radius 2 is 1.66 bits per heavy atom. The summed E-state index contributed by atoms with van der Waals surface area (Å²) in [6.07, 6.45) is 1.34. The van der Waals surface area contributed by atoms with E-state index in [1.54, 1.807) is 48.5 Å². The first-order valence-corrected chi connectivity index (χ1v) is 11.8. The van der Waals surface area contributed by atoms with Crippen LogP contribution >= 0.6 is 34.5 Å². The summed E-state index contributed by atoms with van der Waals surface area (Å²) in [5.74, 6) is -1.29. The van der Waals surface area contributed by atoms with Gasteiger partial charge in [0, 0.05) is 26.2 Å². The molecular weight excluding hydrogens is 509 g/mol. The minimum atomic E-state index is -0.592. The number of para-hydroxylation sites is 1. The van der Waals surface area contributed by atoms with Gasteiger partial charge >= 0.3 is 5.97 Å². The van der Waals surface area contributed by atoms with E-state index in [1.165, 1.54) is 17.6 Å². The fourth-order valence-electron chi connectivity index (χ4n) is 3.05. The van der Waals surface area contributed by atoms with E-state index in [9.17, 15) is 14.4 Å². The number of halogens is 2. The van der Waals surface area contributed by atoms with Crippen LogP contribution in [-0.4, -0.2) is 30.5 Å². The Balaban J connectivity index is 1.36. The maximum atomic E-state index is 12.8. The van der Waals surface area contributed by atoms with Gasteiger partial charge in [-0.2, -0.15) is 5.10 Å². The molecule has 0 radical (unpaired) electrons. The number of hydrogen-bond acceptors (Lipinski definition) is 6. The fourth-order valence-corrected chi connectivity index (χ4v) is 4.56. The molecule has 1 heterocycles. The number of hydrazone groups is 1. The van der Waals surface area contributed by atoms with Gasteiger partial charge in [-0.05, 0) is 42.5 Å². The van der Waals surface area contributed by atoms with Gasteiger partial charge in [-0.25, -0.2) is 10.2 Å². The molecule has 0 aliphatic heterocycles. The van der Waals surface area contributed by atoms with Crippen molar-refractivity contribution >= 4 is 68.6 Å². The largest absolute Gasteiger partial charge is 0.422 e. The van der Waals surface area contributed by atoms with Crippen LogP contribution in [0.3, 0.4) is 0 Å². The second-order valence-electron chi connectivity index (χ2n) is 7.15. The maximum absolute atomic E-state index is 12.8. The third-order valence-corrected chi connectivity index (χ3v) is 6.66. The Morgan fingerprint density at radius 1 is 0.943 bits per heavy atom. The van der Waals surface area contributed by atoms with Gasteiger partial charge in [-0.3, -0.25) is 9.59 Å². The Bertz CT molecular complexity index is 1430. The molecule has 10 heteroatoms. The van der Waals surface area contributed by atoms with Crippen molar-refractivity contribution in [2.75, 3.05) is 6.54 Å². The molecule has 7 nitrogen and oxygen atoms in total. The van der Waals surface area contributed by atoms with Gasteiger partial charge in [-0.1, -0.05) is 53.5 Å². The predicted molar refractivity (Wildman–Crippen MR) is 138 cm³/mol. The number of hydrogen-bond donors (Lipinski definition) is 2. The second kappa shape index (κ2) is 11.1. The van der Waals surface area contributed by atoms with Crippen molar-refractivity contribution in [1.29, 1.82) is 0 Å². The van der Waals surface area contributed by atoms with Crippen LogP contribution in [0.2, 0.25) is 10.0 Å². The number of nitrogens with one attached hydrogen (secondary N) is 2. The normalized spacial score (nSPS) is 10.9. The predicted octanol–water partition coefficient (Wildman–Crippen LogP) is 5.31. The minimum Gasteiger partial charge on any atom is -0.422 e. The zero-order valence-electron chi connectivity index (χ0n) is 18.0. The van der Waals surface area contributed by atoms with E-state index in [1.807, 2.05) is 24.3 Å². The van der Waals surface area contributed by atoms with Crippen LogP contribution in [0.25, 0.3) is 10.1 Å². The van der Waals surface area contributed by atoms with Gasteiger partial charge in [0.05, 0.1) is 17.8 Å². The van der Waals surface area contributed by atoms with E-state index in [4.69, 9.17) is 27.9 Å². The quantitative estimate of drug-likeness (QED) is 0.148. The molecular formula is C25H17Cl2N3O4S. The van der Waals surface area contributed by atoms with Gasteiger partial charge in [0.25, 0.3) is 11.8 Å². The number of thiophene rings is 1. The lowest BCUT2D eigenvalue weighted by atomic mass is 10.2. The first-order valence-electron chi connectivity index (χ1n) is 10.3. The average Bonchev–Trinajstić information content (AvgIpc) is 3.20. The maximum Gasteiger partial charge on any atom is 0.355 e.